The Labute approximate surface area is 123 Å². The number of nitrogens with zero attached hydrogens (tertiary/aromatic N) is 4. The van der Waals surface area contributed by atoms with E-state index in [1.165, 1.54) is 0 Å². The number of carbonyl (C=O) groups excluding carboxylic acids is 1. The number of esters is 1. The molecule has 1 saturated heterocycles. The second-order valence-electron chi connectivity index (χ2n) is 5.66. The third-order valence-electron chi connectivity index (χ3n) is 2.82. The molecule has 0 radical (unpaired) electrons. The highest BCUT2D eigenvalue weighted by molar-refractivity contribution is 6.13. The highest BCUT2D eigenvalue weighted by Gasteiger charge is 2.36. The minimum atomic E-state index is -0.533. The van der Waals surface area contributed by atoms with Crippen molar-refractivity contribution in [3.8, 4) is 0 Å². The van der Waals surface area contributed by atoms with E-state index in [-0.39, 0.29) is 5.97 Å². The van der Waals surface area contributed by atoms with Crippen LogP contribution in [0, 0.1) is 0 Å². The molecule has 1 aromatic heterocycles. The van der Waals surface area contributed by atoms with Crippen molar-refractivity contribution in [1.82, 2.24) is 14.4 Å². The predicted molar refractivity (Wildman–Crippen MR) is 76.4 cm³/mol. The van der Waals surface area contributed by atoms with Crippen LogP contribution in [-0.4, -0.2) is 51.6 Å². The molecule has 0 aromatic carbocycles. The monoisotopic (exact) mass is 298 g/mol. The first-order valence-electron chi connectivity index (χ1n) is 6.54. The molecule has 0 spiro atoms. The summed E-state index contributed by atoms with van der Waals surface area (Å²) in [5, 5.41) is 0. The van der Waals surface area contributed by atoms with E-state index >= 15 is 0 Å². The van der Waals surface area contributed by atoms with Crippen molar-refractivity contribution in [3.63, 3.8) is 0 Å². The number of aromatic nitrogens is 2. The number of hydrogen-bond acceptors (Lipinski definition) is 6. The zero-order chi connectivity index (χ0) is 14.8. The lowest BCUT2D eigenvalue weighted by Crippen LogP contribution is -2.56. The molecule has 1 unspecified atom stereocenters. The number of anilines is 1. The Morgan fingerprint density at radius 3 is 2.60 bits per heavy atom. The maximum atomic E-state index is 12.3. The summed E-state index contributed by atoms with van der Waals surface area (Å²) < 4.78 is 7.05. The van der Waals surface area contributed by atoms with Crippen LogP contribution in [0.5, 0.6) is 0 Å². The molecule has 110 valence electrons. The van der Waals surface area contributed by atoms with E-state index in [0.717, 1.165) is 0 Å². The molecule has 0 bridgehead atoms. The van der Waals surface area contributed by atoms with Gasteiger partial charge >= 0.3 is 5.97 Å². The van der Waals surface area contributed by atoms with Gasteiger partial charge in [0.05, 0.1) is 0 Å². The molecule has 7 heteroatoms. The lowest BCUT2D eigenvalue weighted by atomic mass is 10.1. The molecule has 1 aliphatic heterocycles. The standard InChI is InChI=1S/C13H19ClN4O2/c1-13(2,3)20-11(19)10-9-17(14)7-8-18(10)12-15-5-4-6-16-12/h4-6,10H,7-9H2,1-3H3. The van der Waals surface area contributed by atoms with Gasteiger partial charge in [0.25, 0.3) is 0 Å². The van der Waals surface area contributed by atoms with Crippen LogP contribution in [0.15, 0.2) is 18.5 Å². The minimum absolute atomic E-state index is 0.310. The van der Waals surface area contributed by atoms with Crippen molar-refractivity contribution in [1.29, 1.82) is 0 Å². The summed E-state index contributed by atoms with van der Waals surface area (Å²) in [5.41, 5.74) is -0.533. The van der Waals surface area contributed by atoms with Gasteiger partial charge < -0.3 is 9.64 Å². The first-order chi connectivity index (χ1) is 9.37. The molecule has 0 aliphatic carbocycles. The van der Waals surface area contributed by atoms with Gasteiger partial charge in [-0.25, -0.2) is 19.2 Å². The van der Waals surface area contributed by atoms with Crippen molar-refractivity contribution in [3.05, 3.63) is 18.5 Å². The minimum Gasteiger partial charge on any atom is -0.458 e. The van der Waals surface area contributed by atoms with Crippen molar-refractivity contribution in [2.75, 3.05) is 24.5 Å². The Bertz CT molecular complexity index is 463. The van der Waals surface area contributed by atoms with Gasteiger partial charge in [-0.05, 0) is 38.6 Å². The molecule has 20 heavy (non-hydrogen) atoms. The number of piperazine rings is 1. The maximum Gasteiger partial charge on any atom is 0.330 e. The highest BCUT2D eigenvalue weighted by Crippen LogP contribution is 2.20. The molecule has 2 rings (SSSR count). The smallest absolute Gasteiger partial charge is 0.330 e. The lowest BCUT2D eigenvalue weighted by Gasteiger charge is -2.38. The quantitative estimate of drug-likeness (QED) is 0.609. The Morgan fingerprint density at radius 2 is 2.00 bits per heavy atom. The van der Waals surface area contributed by atoms with E-state index in [4.69, 9.17) is 16.5 Å². The van der Waals surface area contributed by atoms with Crippen LogP contribution in [0.1, 0.15) is 20.8 Å². The summed E-state index contributed by atoms with van der Waals surface area (Å²) >= 11 is 6.04. The number of ether oxygens (including phenoxy) is 1. The van der Waals surface area contributed by atoms with E-state index in [9.17, 15) is 4.79 Å². The second-order valence-corrected chi connectivity index (χ2v) is 6.14. The summed E-state index contributed by atoms with van der Waals surface area (Å²) in [6.07, 6.45) is 3.31. The van der Waals surface area contributed by atoms with Gasteiger partial charge in [0.1, 0.15) is 11.6 Å². The Hall–Kier alpha value is -1.40. The van der Waals surface area contributed by atoms with Gasteiger partial charge in [0.2, 0.25) is 5.95 Å². The van der Waals surface area contributed by atoms with E-state index < -0.39 is 11.6 Å². The van der Waals surface area contributed by atoms with Crippen molar-refractivity contribution in [2.24, 2.45) is 0 Å². The fraction of sp³-hybridized carbons (Fsp3) is 0.615. The number of hydrogen-bond donors (Lipinski definition) is 0. The second kappa shape index (κ2) is 5.93. The first kappa shape index (κ1) is 15.0. The fourth-order valence-electron chi connectivity index (χ4n) is 2.00. The number of halogens is 1. The average Bonchev–Trinajstić information content (AvgIpc) is 2.37. The summed E-state index contributed by atoms with van der Waals surface area (Å²) in [4.78, 5) is 22.6. The molecule has 0 saturated carbocycles. The van der Waals surface area contributed by atoms with Gasteiger partial charge in [0.15, 0.2) is 0 Å². The predicted octanol–water partition coefficient (Wildman–Crippen LogP) is 1.46. The Balaban J connectivity index is 2.19. The molecule has 1 aromatic rings. The van der Waals surface area contributed by atoms with Gasteiger partial charge in [-0.15, -0.1) is 0 Å². The van der Waals surface area contributed by atoms with Crippen LogP contribution in [-0.2, 0) is 9.53 Å². The van der Waals surface area contributed by atoms with Crippen molar-refractivity contribution >= 4 is 23.7 Å². The van der Waals surface area contributed by atoms with Crippen molar-refractivity contribution in [2.45, 2.75) is 32.4 Å². The molecule has 0 N–H and O–H groups in total. The average molecular weight is 299 g/mol. The van der Waals surface area contributed by atoms with Gasteiger partial charge in [0, 0.05) is 32.0 Å². The topological polar surface area (TPSA) is 58.6 Å². The Morgan fingerprint density at radius 1 is 1.35 bits per heavy atom. The third-order valence-corrected chi connectivity index (χ3v) is 3.13. The lowest BCUT2D eigenvalue weighted by molar-refractivity contribution is -0.157. The molecule has 1 aliphatic rings. The van der Waals surface area contributed by atoms with Gasteiger partial charge in [-0.3, -0.25) is 0 Å². The van der Waals surface area contributed by atoms with E-state index in [1.54, 1.807) is 22.9 Å². The molecule has 2 heterocycles. The molecule has 1 fully saturated rings. The van der Waals surface area contributed by atoms with Crippen LogP contribution in [0.2, 0.25) is 0 Å². The summed E-state index contributed by atoms with van der Waals surface area (Å²) in [6, 6.07) is 1.24. The number of carbonyl (C=O) groups is 1. The van der Waals surface area contributed by atoms with Crippen molar-refractivity contribution < 1.29 is 9.53 Å². The van der Waals surface area contributed by atoms with Crippen LogP contribution in [0.25, 0.3) is 0 Å². The SMILES string of the molecule is CC(C)(C)OC(=O)C1CN(Cl)CCN1c1ncccn1. The summed E-state index contributed by atoms with van der Waals surface area (Å²) in [7, 11) is 0. The number of rotatable bonds is 2. The van der Waals surface area contributed by atoms with Crippen LogP contribution < -0.4 is 4.90 Å². The van der Waals surface area contributed by atoms with E-state index in [2.05, 4.69) is 9.97 Å². The normalized spacial score (nSPS) is 20.8. The summed E-state index contributed by atoms with van der Waals surface area (Å²) in [6.45, 7) is 7.13. The third kappa shape index (κ3) is 3.80. The van der Waals surface area contributed by atoms with Crippen LogP contribution in [0.3, 0.4) is 0 Å². The van der Waals surface area contributed by atoms with Crippen LogP contribution in [0.4, 0.5) is 5.95 Å². The van der Waals surface area contributed by atoms with Gasteiger partial charge in [-0.2, -0.15) is 0 Å². The highest BCUT2D eigenvalue weighted by atomic mass is 35.5. The molecule has 1 atom stereocenters. The fourth-order valence-corrected chi connectivity index (χ4v) is 2.21. The largest absolute Gasteiger partial charge is 0.458 e. The molecular weight excluding hydrogens is 280 g/mol. The van der Waals surface area contributed by atoms with Crippen LogP contribution >= 0.6 is 11.8 Å². The molecular formula is C13H19ClN4O2. The zero-order valence-electron chi connectivity index (χ0n) is 11.9. The maximum absolute atomic E-state index is 12.3. The van der Waals surface area contributed by atoms with Gasteiger partial charge in [-0.1, -0.05) is 0 Å². The molecule has 6 nitrogen and oxygen atoms in total. The first-order valence-corrected chi connectivity index (χ1v) is 6.88. The van der Waals surface area contributed by atoms with E-state index in [1.807, 2.05) is 25.7 Å². The Kier molecular flexibility index (Phi) is 4.45. The van der Waals surface area contributed by atoms with E-state index in [0.29, 0.717) is 25.6 Å². The molecule has 0 amide bonds. The zero-order valence-corrected chi connectivity index (χ0v) is 12.7. The summed E-state index contributed by atoms with van der Waals surface area (Å²) in [5.74, 6) is 0.212.